The van der Waals surface area contributed by atoms with Crippen molar-refractivity contribution < 1.29 is 19.5 Å². The number of nitrogens with one attached hydrogen (secondary N) is 1. The number of Topliss-reactive ketones (excluding diaryl/α,β-unsaturated/α-hetero) is 1. The molecule has 0 unspecified atom stereocenters. The second kappa shape index (κ2) is 5.68. The second-order valence-corrected chi connectivity index (χ2v) is 3.62. The highest BCUT2D eigenvalue weighted by Crippen LogP contribution is 2.07. The van der Waals surface area contributed by atoms with E-state index in [0.717, 1.165) is 4.90 Å². The maximum absolute atomic E-state index is 11.9. The molecule has 0 bridgehead atoms. The van der Waals surface area contributed by atoms with Gasteiger partial charge >= 0.3 is 5.97 Å². The van der Waals surface area contributed by atoms with E-state index in [4.69, 9.17) is 11.5 Å². The summed E-state index contributed by atoms with van der Waals surface area (Å²) >= 11 is 0. The number of rotatable bonds is 5. The van der Waals surface area contributed by atoms with Gasteiger partial charge in [-0.05, 0) is 13.0 Å². The molecular weight excluding hydrogens is 236 g/mol. The van der Waals surface area contributed by atoms with Crippen molar-refractivity contribution in [2.45, 2.75) is 6.92 Å². The number of aromatic nitrogens is 1. The van der Waals surface area contributed by atoms with E-state index < -0.39 is 18.4 Å². The van der Waals surface area contributed by atoms with E-state index >= 15 is 0 Å². The van der Waals surface area contributed by atoms with E-state index in [1.54, 1.807) is 0 Å². The molecule has 0 fully saturated rings. The van der Waals surface area contributed by atoms with Gasteiger partial charge in [0.1, 0.15) is 12.2 Å². The van der Waals surface area contributed by atoms with Crippen LogP contribution < -0.4 is 0 Å². The number of nitrogens with zero attached hydrogens (tertiary/aromatic N) is 1. The maximum Gasteiger partial charge on any atom is 0.323 e. The van der Waals surface area contributed by atoms with E-state index in [9.17, 15) is 14.4 Å². The Morgan fingerprint density at radius 1 is 1.50 bits per heavy atom. The predicted molar refractivity (Wildman–Crippen MR) is 63.2 cm³/mol. The minimum atomic E-state index is -1.16. The van der Waals surface area contributed by atoms with Crippen molar-refractivity contribution in [1.29, 1.82) is 0 Å². The van der Waals surface area contributed by atoms with Gasteiger partial charge in [0.2, 0.25) is 0 Å². The molecule has 0 atom stereocenters. The zero-order valence-corrected chi connectivity index (χ0v) is 9.77. The number of hydrogen-bond donors (Lipinski definition) is 2. The number of aliphatic carboxylic acids is 1. The number of carbonyl (C=O) groups excluding carboxylic acids is 2. The maximum atomic E-state index is 11.9. The fourth-order valence-corrected chi connectivity index (χ4v) is 1.36. The number of amides is 1. The van der Waals surface area contributed by atoms with Crippen molar-refractivity contribution in [2.24, 2.45) is 0 Å². The van der Waals surface area contributed by atoms with Crippen LogP contribution in [0.4, 0.5) is 0 Å². The standard InChI is InChI=1S/C12H12N2O4/c1-3-4-14(7-11(16)17)12(18)10-5-9(6-13-10)8(2)15/h1,5-6,13H,4,7H2,2H3,(H,16,17). The average Bonchev–Trinajstić information content (AvgIpc) is 2.76. The van der Waals surface area contributed by atoms with Crippen LogP contribution in [0.3, 0.4) is 0 Å². The number of hydrogen-bond acceptors (Lipinski definition) is 3. The molecule has 1 aromatic heterocycles. The molecule has 1 heterocycles. The van der Waals surface area contributed by atoms with Crippen molar-refractivity contribution >= 4 is 17.7 Å². The summed E-state index contributed by atoms with van der Waals surface area (Å²) in [4.78, 5) is 37.2. The number of carboxylic acids is 1. The number of terminal acetylenes is 1. The highest BCUT2D eigenvalue weighted by atomic mass is 16.4. The number of H-pyrrole nitrogens is 1. The Labute approximate surface area is 104 Å². The molecule has 2 N–H and O–H groups in total. The van der Waals surface area contributed by atoms with Crippen LogP contribution in [-0.2, 0) is 4.79 Å². The van der Waals surface area contributed by atoms with Crippen LogP contribution in [-0.4, -0.2) is 45.7 Å². The largest absolute Gasteiger partial charge is 0.480 e. The fourth-order valence-electron chi connectivity index (χ4n) is 1.36. The summed E-state index contributed by atoms with van der Waals surface area (Å²) < 4.78 is 0. The first kappa shape index (κ1) is 13.5. The Kier molecular flexibility index (Phi) is 4.27. The number of ketones is 1. The molecule has 1 rings (SSSR count). The Hall–Kier alpha value is -2.55. The Morgan fingerprint density at radius 3 is 2.61 bits per heavy atom. The van der Waals surface area contributed by atoms with Gasteiger partial charge in [-0.1, -0.05) is 5.92 Å². The zero-order valence-electron chi connectivity index (χ0n) is 9.77. The third-order valence-electron chi connectivity index (χ3n) is 2.22. The second-order valence-electron chi connectivity index (χ2n) is 3.62. The summed E-state index contributed by atoms with van der Waals surface area (Å²) in [6.45, 7) is 0.769. The molecule has 0 saturated carbocycles. The van der Waals surface area contributed by atoms with Crippen LogP contribution in [0.1, 0.15) is 27.8 Å². The van der Waals surface area contributed by atoms with E-state index in [1.807, 2.05) is 0 Å². The Bertz CT molecular complexity index is 524. The van der Waals surface area contributed by atoms with Crippen molar-refractivity contribution in [3.63, 3.8) is 0 Å². The third-order valence-corrected chi connectivity index (χ3v) is 2.22. The van der Waals surface area contributed by atoms with Gasteiger partial charge in [0.25, 0.3) is 5.91 Å². The summed E-state index contributed by atoms with van der Waals surface area (Å²) in [5, 5.41) is 8.67. The lowest BCUT2D eigenvalue weighted by Gasteiger charge is -2.16. The van der Waals surface area contributed by atoms with Gasteiger partial charge in [0, 0.05) is 11.8 Å². The van der Waals surface area contributed by atoms with E-state index in [1.165, 1.54) is 19.2 Å². The Balaban J connectivity index is 2.91. The van der Waals surface area contributed by atoms with Crippen LogP contribution >= 0.6 is 0 Å². The average molecular weight is 248 g/mol. The molecule has 0 saturated heterocycles. The molecule has 0 radical (unpaired) electrons. The van der Waals surface area contributed by atoms with Gasteiger partial charge in [-0.2, -0.15) is 0 Å². The lowest BCUT2D eigenvalue weighted by molar-refractivity contribution is -0.137. The summed E-state index contributed by atoms with van der Waals surface area (Å²) in [6, 6.07) is 1.37. The summed E-state index contributed by atoms with van der Waals surface area (Å²) in [5.41, 5.74) is 0.492. The minimum absolute atomic E-state index is 0.112. The van der Waals surface area contributed by atoms with Crippen LogP contribution in [0.2, 0.25) is 0 Å². The molecular formula is C12H12N2O4. The predicted octanol–water partition coefficient (Wildman–Crippen LogP) is 0.377. The van der Waals surface area contributed by atoms with E-state index in [-0.39, 0.29) is 18.0 Å². The zero-order chi connectivity index (χ0) is 13.7. The molecule has 1 aromatic rings. The molecule has 94 valence electrons. The van der Waals surface area contributed by atoms with Gasteiger partial charge in [0.05, 0.1) is 6.54 Å². The number of carbonyl (C=O) groups is 3. The van der Waals surface area contributed by atoms with Crippen LogP contribution in [0.25, 0.3) is 0 Å². The Morgan fingerprint density at radius 2 is 2.17 bits per heavy atom. The van der Waals surface area contributed by atoms with Crippen molar-refractivity contribution in [2.75, 3.05) is 13.1 Å². The molecule has 0 spiro atoms. The van der Waals surface area contributed by atoms with Crippen molar-refractivity contribution in [1.82, 2.24) is 9.88 Å². The van der Waals surface area contributed by atoms with Crippen LogP contribution in [0, 0.1) is 12.3 Å². The van der Waals surface area contributed by atoms with Crippen LogP contribution in [0.5, 0.6) is 0 Å². The first-order valence-corrected chi connectivity index (χ1v) is 5.09. The van der Waals surface area contributed by atoms with E-state index in [2.05, 4.69) is 10.9 Å². The number of carboxylic acid groups (broad SMARTS) is 1. The van der Waals surface area contributed by atoms with Gasteiger partial charge in [-0.3, -0.25) is 14.4 Å². The molecule has 1 amide bonds. The monoisotopic (exact) mass is 248 g/mol. The quantitative estimate of drug-likeness (QED) is 0.582. The topological polar surface area (TPSA) is 90.5 Å². The molecule has 0 aliphatic carbocycles. The van der Waals surface area contributed by atoms with Crippen LogP contribution in [0.15, 0.2) is 12.3 Å². The molecule has 0 aromatic carbocycles. The smallest absolute Gasteiger partial charge is 0.323 e. The number of aromatic amines is 1. The van der Waals surface area contributed by atoms with Gasteiger partial charge in [0.15, 0.2) is 5.78 Å². The molecule has 6 heteroatoms. The highest BCUT2D eigenvalue weighted by Gasteiger charge is 2.19. The van der Waals surface area contributed by atoms with E-state index in [0.29, 0.717) is 5.56 Å². The fraction of sp³-hybridized carbons (Fsp3) is 0.250. The summed E-state index contributed by atoms with van der Waals surface area (Å²) in [5.74, 6) is 0.318. The molecule has 0 aliphatic heterocycles. The third kappa shape index (κ3) is 3.22. The first-order valence-electron chi connectivity index (χ1n) is 5.09. The SMILES string of the molecule is C#CCN(CC(=O)O)C(=O)c1cc(C(C)=O)c[nH]1. The van der Waals surface area contributed by atoms with Crippen molar-refractivity contribution in [3.05, 3.63) is 23.5 Å². The lowest BCUT2D eigenvalue weighted by atomic mass is 10.2. The van der Waals surface area contributed by atoms with Gasteiger partial charge < -0.3 is 15.0 Å². The normalized spacial score (nSPS) is 9.56. The highest BCUT2D eigenvalue weighted by molar-refractivity contribution is 5.99. The first-order chi connectivity index (χ1) is 8.45. The molecule has 6 nitrogen and oxygen atoms in total. The van der Waals surface area contributed by atoms with Gasteiger partial charge in [-0.25, -0.2) is 0 Å². The molecule has 0 aliphatic rings. The summed E-state index contributed by atoms with van der Waals surface area (Å²) in [6.07, 6.45) is 6.47. The lowest BCUT2D eigenvalue weighted by Crippen LogP contribution is -2.36. The van der Waals surface area contributed by atoms with Crippen molar-refractivity contribution in [3.8, 4) is 12.3 Å². The molecule has 18 heavy (non-hydrogen) atoms. The van der Waals surface area contributed by atoms with Gasteiger partial charge in [-0.15, -0.1) is 6.42 Å². The minimum Gasteiger partial charge on any atom is -0.480 e. The summed E-state index contributed by atoms with van der Waals surface area (Å²) in [7, 11) is 0.